The van der Waals surface area contributed by atoms with Crippen LogP contribution in [0.25, 0.3) is 66.8 Å². The summed E-state index contributed by atoms with van der Waals surface area (Å²) in [4.78, 5) is 0. The van der Waals surface area contributed by atoms with Crippen LogP contribution in [0, 0.1) is 34.0 Å². The van der Waals surface area contributed by atoms with Crippen molar-refractivity contribution in [2.75, 3.05) is 0 Å². The maximum atomic E-state index is 9.96. The second kappa shape index (κ2) is 13.2. The first-order chi connectivity index (χ1) is 23.6. The average Bonchev–Trinajstić information content (AvgIpc) is 3.18. The molecule has 0 saturated carbocycles. The molecule has 0 atom stereocenters. The van der Waals surface area contributed by atoms with E-state index in [9.17, 15) is 5.26 Å². The quantitative estimate of drug-likeness (QED) is 0.188. The fourth-order valence-electron chi connectivity index (χ4n) is 5.97. The molecule has 3 nitrogen and oxygen atoms in total. The Hall–Kier alpha value is -6.99. The first-order valence-corrected chi connectivity index (χ1v) is 15.6. The summed E-state index contributed by atoms with van der Waals surface area (Å²) in [5.41, 5.74) is 14.7. The molecule has 0 fully saturated rings. The molecule has 0 amide bonds. The van der Waals surface area contributed by atoms with E-state index >= 15 is 0 Å². The number of hydrogen-bond donors (Lipinski definition) is 0. The fourth-order valence-corrected chi connectivity index (χ4v) is 5.97. The Morgan fingerprint density at radius 2 is 0.479 bits per heavy atom. The van der Waals surface area contributed by atoms with Gasteiger partial charge in [0.15, 0.2) is 0 Å². The highest BCUT2D eigenvalue weighted by Crippen LogP contribution is 2.34. The van der Waals surface area contributed by atoms with Gasteiger partial charge in [-0.3, -0.25) is 0 Å². The van der Waals surface area contributed by atoms with Crippen molar-refractivity contribution >= 4 is 0 Å². The van der Waals surface area contributed by atoms with Crippen LogP contribution in [0.5, 0.6) is 0 Å². The van der Waals surface area contributed by atoms with Gasteiger partial charge in [-0.05, 0) is 121 Å². The Bertz CT molecular complexity index is 2220. The van der Waals surface area contributed by atoms with Gasteiger partial charge in [-0.15, -0.1) is 0 Å². The van der Waals surface area contributed by atoms with Crippen LogP contribution in [0.4, 0.5) is 0 Å². The average molecular weight is 610 g/mol. The summed E-state index contributed by atoms with van der Waals surface area (Å²) in [5, 5.41) is 28.2. The molecule has 222 valence electrons. The predicted molar refractivity (Wildman–Crippen MR) is 193 cm³/mol. The molecule has 0 bridgehead atoms. The molecule has 0 saturated heterocycles. The number of nitriles is 3. The molecule has 0 N–H and O–H groups in total. The third kappa shape index (κ3) is 6.24. The molecule has 0 heterocycles. The van der Waals surface area contributed by atoms with E-state index in [0.29, 0.717) is 16.7 Å². The minimum absolute atomic E-state index is 0.608. The van der Waals surface area contributed by atoms with Crippen LogP contribution >= 0.6 is 0 Å². The van der Waals surface area contributed by atoms with E-state index in [-0.39, 0.29) is 0 Å². The summed E-state index contributed by atoms with van der Waals surface area (Å²) < 4.78 is 0. The van der Waals surface area contributed by atoms with Crippen molar-refractivity contribution in [3.63, 3.8) is 0 Å². The molecule has 0 aliphatic heterocycles. The van der Waals surface area contributed by atoms with Crippen molar-refractivity contribution < 1.29 is 0 Å². The Morgan fingerprint density at radius 1 is 0.229 bits per heavy atom. The third-order valence-corrected chi connectivity index (χ3v) is 8.59. The summed E-state index contributed by atoms with van der Waals surface area (Å²) in [6.45, 7) is 0. The van der Waals surface area contributed by atoms with Gasteiger partial charge in [0.1, 0.15) is 0 Å². The standard InChI is InChI=1S/C45H27N3/c46-28-31-7-11-34(12-8-31)36-15-19-38(20-16-36)40-3-1-5-42(25-40)44-23-33(30-48)24-45(27-44)43-6-2-4-41(26-43)39-21-17-37(18-22-39)35-13-9-32(29-47)10-14-35/h1-27H. The van der Waals surface area contributed by atoms with E-state index < -0.39 is 0 Å². The summed E-state index contributed by atoms with van der Waals surface area (Å²) in [7, 11) is 0. The SMILES string of the molecule is N#Cc1ccc(-c2ccc(-c3cccc(-c4cc(C#N)cc(-c5cccc(-c6ccc(-c7ccc(C#N)cc7)cc6)c5)c4)c3)cc2)cc1. The number of nitrogens with zero attached hydrogens (tertiary/aromatic N) is 3. The van der Waals surface area contributed by atoms with E-state index in [1.807, 2.05) is 60.7 Å². The zero-order valence-corrected chi connectivity index (χ0v) is 25.9. The topological polar surface area (TPSA) is 71.4 Å². The molecule has 0 aromatic heterocycles. The lowest BCUT2D eigenvalue weighted by Crippen LogP contribution is -1.88. The Labute approximate surface area is 280 Å². The van der Waals surface area contributed by atoms with Crippen LogP contribution in [0.3, 0.4) is 0 Å². The molecule has 0 aliphatic rings. The second-order valence-electron chi connectivity index (χ2n) is 11.6. The van der Waals surface area contributed by atoms with Crippen molar-refractivity contribution in [2.45, 2.75) is 0 Å². The van der Waals surface area contributed by atoms with E-state index in [0.717, 1.165) is 66.8 Å². The lowest BCUT2D eigenvalue weighted by atomic mass is 9.92. The van der Waals surface area contributed by atoms with Crippen LogP contribution in [-0.2, 0) is 0 Å². The van der Waals surface area contributed by atoms with Crippen molar-refractivity contribution in [1.82, 2.24) is 0 Å². The van der Waals surface area contributed by atoms with E-state index in [1.165, 1.54) is 0 Å². The van der Waals surface area contributed by atoms with Gasteiger partial charge in [-0.1, -0.05) is 109 Å². The normalized spacial score (nSPS) is 10.4. The van der Waals surface area contributed by atoms with Gasteiger partial charge in [0.2, 0.25) is 0 Å². The highest BCUT2D eigenvalue weighted by Gasteiger charge is 2.10. The second-order valence-corrected chi connectivity index (χ2v) is 11.6. The molecular weight excluding hydrogens is 583 g/mol. The number of rotatable bonds is 6. The van der Waals surface area contributed by atoms with Crippen LogP contribution in [0.1, 0.15) is 16.7 Å². The third-order valence-electron chi connectivity index (χ3n) is 8.59. The molecule has 0 spiro atoms. The Kier molecular flexibility index (Phi) is 8.15. The molecular formula is C45H27N3. The van der Waals surface area contributed by atoms with Crippen molar-refractivity contribution in [1.29, 1.82) is 15.8 Å². The van der Waals surface area contributed by atoms with Gasteiger partial charge in [0, 0.05) is 0 Å². The van der Waals surface area contributed by atoms with Gasteiger partial charge in [-0.2, -0.15) is 15.8 Å². The fraction of sp³-hybridized carbons (Fsp3) is 0. The van der Waals surface area contributed by atoms with Crippen molar-refractivity contribution in [3.8, 4) is 85.0 Å². The highest BCUT2D eigenvalue weighted by molar-refractivity contribution is 5.81. The molecule has 0 unspecified atom stereocenters. The smallest absolute Gasteiger partial charge is 0.0992 e. The van der Waals surface area contributed by atoms with Gasteiger partial charge < -0.3 is 0 Å². The Morgan fingerprint density at radius 3 is 0.792 bits per heavy atom. The van der Waals surface area contributed by atoms with Gasteiger partial charge in [0.25, 0.3) is 0 Å². The first kappa shape index (κ1) is 29.7. The molecule has 7 aromatic carbocycles. The van der Waals surface area contributed by atoms with Crippen molar-refractivity contribution in [2.24, 2.45) is 0 Å². The predicted octanol–water partition coefficient (Wildman–Crippen LogP) is 11.3. The largest absolute Gasteiger partial charge is 0.192 e. The van der Waals surface area contributed by atoms with Gasteiger partial charge in [-0.25, -0.2) is 0 Å². The summed E-state index contributed by atoms with van der Waals surface area (Å²) in [6.07, 6.45) is 0. The van der Waals surface area contributed by atoms with Gasteiger partial charge >= 0.3 is 0 Å². The van der Waals surface area contributed by atoms with Crippen LogP contribution < -0.4 is 0 Å². The molecule has 0 aliphatic carbocycles. The van der Waals surface area contributed by atoms with E-state index in [2.05, 4.69) is 121 Å². The maximum absolute atomic E-state index is 9.96. The zero-order valence-electron chi connectivity index (χ0n) is 25.9. The lowest BCUT2D eigenvalue weighted by molar-refractivity contribution is 1.47. The minimum Gasteiger partial charge on any atom is -0.192 e. The zero-order chi connectivity index (χ0) is 32.9. The highest BCUT2D eigenvalue weighted by atomic mass is 14.2. The van der Waals surface area contributed by atoms with Gasteiger partial charge in [0.05, 0.1) is 34.9 Å². The molecule has 48 heavy (non-hydrogen) atoms. The monoisotopic (exact) mass is 609 g/mol. The summed E-state index contributed by atoms with van der Waals surface area (Å²) in [5.74, 6) is 0. The Balaban J connectivity index is 1.16. The molecule has 7 rings (SSSR count). The first-order valence-electron chi connectivity index (χ1n) is 15.6. The van der Waals surface area contributed by atoms with Crippen molar-refractivity contribution in [3.05, 3.63) is 180 Å². The lowest BCUT2D eigenvalue weighted by Gasteiger charge is -2.11. The van der Waals surface area contributed by atoms with Crippen LogP contribution in [0.15, 0.2) is 164 Å². The van der Waals surface area contributed by atoms with E-state index in [4.69, 9.17) is 10.5 Å². The summed E-state index contributed by atoms with van der Waals surface area (Å²) in [6, 6.07) is 61.7. The molecule has 7 aromatic rings. The number of hydrogen-bond acceptors (Lipinski definition) is 3. The summed E-state index contributed by atoms with van der Waals surface area (Å²) >= 11 is 0. The number of benzene rings is 7. The minimum atomic E-state index is 0.608. The van der Waals surface area contributed by atoms with E-state index in [1.54, 1.807) is 0 Å². The maximum Gasteiger partial charge on any atom is 0.0992 e. The molecule has 3 heteroatoms. The van der Waals surface area contributed by atoms with Crippen LogP contribution in [0.2, 0.25) is 0 Å². The van der Waals surface area contributed by atoms with Crippen LogP contribution in [-0.4, -0.2) is 0 Å². The molecule has 0 radical (unpaired) electrons.